The first kappa shape index (κ1) is 11.8. The number of furan rings is 1. The molecular weight excluding hydrogens is 194 g/mol. The molecule has 0 saturated carbocycles. The Labute approximate surface area is 89.3 Å². The molecule has 0 aliphatic heterocycles. The Bertz CT molecular complexity index is 315. The predicted molar refractivity (Wildman–Crippen MR) is 56.9 cm³/mol. The lowest BCUT2D eigenvalue weighted by Gasteiger charge is -2.12. The molecule has 0 bridgehead atoms. The summed E-state index contributed by atoms with van der Waals surface area (Å²) in [6, 6.07) is 2.01. The van der Waals surface area contributed by atoms with Gasteiger partial charge in [0.2, 0.25) is 0 Å². The van der Waals surface area contributed by atoms with Crippen molar-refractivity contribution in [2.45, 2.75) is 39.3 Å². The first-order valence-corrected chi connectivity index (χ1v) is 5.21. The van der Waals surface area contributed by atoms with E-state index < -0.39 is 5.97 Å². The highest BCUT2D eigenvalue weighted by Crippen LogP contribution is 2.08. The van der Waals surface area contributed by atoms with E-state index in [0.29, 0.717) is 18.3 Å². The van der Waals surface area contributed by atoms with Crippen LogP contribution in [0.1, 0.15) is 42.8 Å². The van der Waals surface area contributed by atoms with E-state index in [1.165, 1.54) is 6.26 Å². The minimum Gasteiger partial charge on any atom is -0.478 e. The standard InChI is InChI=1S/C11H17NO3/c1-3-9(4-2)12-6-10-5-8(7-15-10)11(13)14/h5,7,9,12H,3-4,6H2,1-2H3,(H,13,14). The molecule has 0 fully saturated rings. The first-order chi connectivity index (χ1) is 7.17. The summed E-state index contributed by atoms with van der Waals surface area (Å²) in [6.07, 6.45) is 3.39. The molecule has 0 spiro atoms. The molecule has 1 rings (SSSR count). The highest BCUT2D eigenvalue weighted by molar-refractivity contribution is 5.87. The van der Waals surface area contributed by atoms with E-state index in [2.05, 4.69) is 19.2 Å². The van der Waals surface area contributed by atoms with Crippen molar-refractivity contribution in [3.8, 4) is 0 Å². The van der Waals surface area contributed by atoms with Crippen LogP contribution in [-0.4, -0.2) is 17.1 Å². The van der Waals surface area contributed by atoms with E-state index in [0.717, 1.165) is 12.8 Å². The van der Waals surface area contributed by atoms with E-state index in [-0.39, 0.29) is 5.56 Å². The zero-order chi connectivity index (χ0) is 11.3. The Kier molecular flexibility index (Phi) is 4.37. The molecule has 84 valence electrons. The average molecular weight is 211 g/mol. The molecule has 1 heterocycles. The Morgan fingerprint density at radius 2 is 2.20 bits per heavy atom. The lowest BCUT2D eigenvalue weighted by atomic mass is 10.2. The summed E-state index contributed by atoms with van der Waals surface area (Å²) in [4.78, 5) is 10.6. The van der Waals surface area contributed by atoms with Gasteiger partial charge in [0.25, 0.3) is 0 Å². The number of hydrogen-bond acceptors (Lipinski definition) is 3. The predicted octanol–water partition coefficient (Wildman–Crippen LogP) is 2.26. The van der Waals surface area contributed by atoms with Crippen molar-refractivity contribution in [3.63, 3.8) is 0 Å². The molecule has 4 heteroatoms. The van der Waals surface area contributed by atoms with Crippen molar-refractivity contribution in [3.05, 3.63) is 23.7 Å². The van der Waals surface area contributed by atoms with Gasteiger partial charge >= 0.3 is 5.97 Å². The van der Waals surface area contributed by atoms with Crippen LogP contribution in [0, 0.1) is 0 Å². The van der Waals surface area contributed by atoms with E-state index in [4.69, 9.17) is 9.52 Å². The smallest absolute Gasteiger partial charge is 0.338 e. The third kappa shape index (κ3) is 3.40. The van der Waals surface area contributed by atoms with Gasteiger partial charge in [-0.05, 0) is 18.9 Å². The number of rotatable bonds is 6. The molecular formula is C11H17NO3. The fraction of sp³-hybridized carbons (Fsp3) is 0.545. The second-order valence-corrected chi connectivity index (χ2v) is 3.50. The molecule has 0 aliphatic rings. The van der Waals surface area contributed by atoms with Crippen LogP contribution in [0.15, 0.2) is 16.7 Å². The number of carboxylic acid groups (broad SMARTS) is 1. The van der Waals surface area contributed by atoms with Crippen LogP contribution in [-0.2, 0) is 6.54 Å². The summed E-state index contributed by atoms with van der Waals surface area (Å²) in [5.74, 6) is -0.285. The molecule has 0 amide bonds. The van der Waals surface area contributed by atoms with Crippen LogP contribution in [0.2, 0.25) is 0 Å². The summed E-state index contributed by atoms with van der Waals surface area (Å²) < 4.78 is 5.12. The fourth-order valence-electron chi connectivity index (χ4n) is 1.41. The maximum atomic E-state index is 10.6. The second-order valence-electron chi connectivity index (χ2n) is 3.50. The minimum absolute atomic E-state index is 0.205. The average Bonchev–Trinajstić information content (AvgIpc) is 2.68. The number of hydrogen-bond donors (Lipinski definition) is 2. The molecule has 2 N–H and O–H groups in total. The van der Waals surface area contributed by atoms with Crippen LogP contribution in [0.4, 0.5) is 0 Å². The summed E-state index contributed by atoms with van der Waals surface area (Å²) in [5.41, 5.74) is 0.205. The molecule has 0 unspecified atom stereocenters. The summed E-state index contributed by atoms with van der Waals surface area (Å²) in [6.45, 7) is 4.82. The summed E-state index contributed by atoms with van der Waals surface area (Å²) in [5, 5.41) is 12.0. The molecule has 0 aromatic carbocycles. The van der Waals surface area contributed by atoms with Crippen molar-refractivity contribution in [1.29, 1.82) is 0 Å². The van der Waals surface area contributed by atoms with Crippen LogP contribution in [0.3, 0.4) is 0 Å². The van der Waals surface area contributed by atoms with Gasteiger partial charge in [0, 0.05) is 6.04 Å². The largest absolute Gasteiger partial charge is 0.478 e. The van der Waals surface area contributed by atoms with Gasteiger partial charge in [0.05, 0.1) is 12.1 Å². The molecule has 4 nitrogen and oxygen atoms in total. The van der Waals surface area contributed by atoms with Gasteiger partial charge in [0.1, 0.15) is 12.0 Å². The lowest BCUT2D eigenvalue weighted by molar-refractivity contribution is 0.0696. The zero-order valence-electron chi connectivity index (χ0n) is 9.12. The third-order valence-corrected chi connectivity index (χ3v) is 2.45. The summed E-state index contributed by atoms with van der Waals surface area (Å²) >= 11 is 0. The lowest BCUT2D eigenvalue weighted by Crippen LogP contribution is -2.26. The second kappa shape index (κ2) is 5.56. The number of nitrogens with one attached hydrogen (secondary N) is 1. The minimum atomic E-state index is -0.951. The fourth-order valence-corrected chi connectivity index (χ4v) is 1.41. The van der Waals surface area contributed by atoms with Crippen molar-refractivity contribution < 1.29 is 14.3 Å². The van der Waals surface area contributed by atoms with Crippen molar-refractivity contribution in [1.82, 2.24) is 5.32 Å². The maximum Gasteiger partial charge on any atom is 0.338 e. The zero-order valence-corrected chi connectivity index (χ0v) is 9.12. The van der Waals surface area contributed by atoms with Gasteiger partial charge in [-0.1, -0.05) is 13.8 Å². The topological polar surface area (TPSA) is 62.5 Å². The Morgan fingerprint density at radius 3 is 2.67 bits per heavy atom. The van der Waals surface area contributed by atoms with Crippen molar-refractivity contribution in [2.24, 2.45) is 0 Å². The first-order valence-electron chi connectivity index (χ1n) is 5.21. The van der Waals surface area contributed by atoms with Crippen LogP contribution in [0.25, 0.3) is 0 Å². The maximum absolute atomic E-state index is 10.6. The van der Waals surface area contributed by atoms with Crippen LogP contribution in [0.5, 0.6) is 0 Å². The Balaban J connectivity index is 2.47. The van der Waals surface area contributed by atoms with E-state index in [9.17, 15) is 4.79 Å². The number of carbonyl (C=O) groups is 1. The van der Waals surface area contributed by atoms with Gasteiger partial charge in [-0.25, -0.2) is 4.79 Å². The monoisotopic (exact) mass is 211 g/mol. The third-order valence-electron chi connectivity index (χ3n) is 2.45. The molecule has 15 heavy (non-hydrogen) atoms. The highest BCUT2D eigenvalue weighted by Gasteiger charge is 2.09. The van der Waals surface area contributed by atoms with Crippen LogP contribution < -0.4 is 5.32 Å². The van der Waals surface area contributed by atoms with Gasteiger partial charge in [-0.15, -0.1) is 0 Å². The number of carboxylic acids is 1. The van der Waals surface area contributed by atoms with Crippen molar-refractivity contribution >= 4 is 5.97 Å². The molecule has 0 radical (unpaired) electrons. The van der Waals surface area contributed by atoms with Gasteiger partial charge < -0.3 is 14.8 Å². The molecule has 0 atom stereocenters. The van der Waals surface area contributed by atoms with Gasteiger partial charge in [-0.3, -0.25) is 0 Å². The molecule has 0 saturated heterocycles. The molecule has 1 aromatic heterocycles. The van der Waals surface area contributed by atoms with E-state index in [1.807, 2.05) is 0 Å². The SMILES string of the molecule is CCC(CC)NCc1cc(C(=O)O)co1. The highest BCUT2D eigenvalue weighted by atomic mass is 16.4. The van der Waals surface area contributed by atoms with Gasteiger partial charge in [-0.2, -0.15) is 0 Å². The Hall–Kier alpha value is -1.29. The normalized spacial score (nSPS) is 10.9. The quantitative estimate of drug-likeness (QED) is 0.757. The van der Waals surface area contributed by atoms with E-state index in [1.54, 1.807) is 6.07 Å². The summed E-state index contributed by atoms with van der Waals surface area (Å²) in [7, 11) is 0. The van der Waals surface area contributed by atoms with Gasteiger partial charge in [0.15, 0.2) is 0 Å². The van der Waals surface area contributed by atoms with Crippen molar-refractivity contribution in [2.75, 3.05) is 0 Å². The number of aromatic carboxylic acids is 1. The van der Waals surface area contributed by atoms with E-state index >= 15 is 0 Å². The molecule has 1 aromatic rings. The Morgan fingerprint density at radius 1 is 1.53 bits per heavy atom. The molecule has 0 aliphatic carbocycles. The van der Waals surface area contributed by atoms with Crippen LogP contribution >= 0.6 is 0 Å².